The molecule has 0 bridgehead atoms. The van der Waals surface area contributed by atoms with Gasteiger partial charge in [-0.2, -0.15) is 0 Å². The third-order valence-corrected chi connectivity index (χ3v) is 2.22. The van der Waals surface area contributed by atoms with E-state index in [1.807, 2.05) is 0 Å². The molecule has 16 heavy (non-hydrogen) atoms. The molecular formula is C10H13N3O3. The summed E-state index contributed by atoms with van der Waals surface area (Å²) in [5, 5.41) is 11.8. The lowest BCUT2D eigenvalue weighted by atomic mass is 10.2. The summed E-state index contributed by atoms with van der Waals surface area (Å²) in [6.45, 7) is 0.391. The topological polar surface area (TPSA) is 104 Å². The minimum Gasteiger partial charge on any atom is -0.408 e. The lowest BCUT2D eigenvalue weighted by molar-refractivity contribution is 0.270. The van der Waals surface area contributed by atoms with Gasteiger partial charge in [-0.1, -0.05) is 0 Å². The Morgan fingerprint density at radius 3 is 3.12 bits per heavy atom. The maximum absolute atomic E-state index is 10.9. The van der Waals surface area contributed by atoms with E-state index in [1.54, 1.807) is 18.2 Å². The first-order valence-corrected chi connectivity index (χ1v) is 4.92. The Hall–Kier alpha value is -1.79. The molecule has 2 rings (SSSR count). The number of hydrogen-bond acceptors (Lipinski definition) is 5. The average molecular weight is 223 g/mol. The van der Waals surface area contributed by atoms with Gasteiger partial charge in [-0.15, -0.1) is 0 Å². The van der Waals surface area contributed by atoms with Crippen LogP contribution in [0.25, 0.3) is 11.1 Å². The highest BCUT2D eigenvalue weighted by molar-refractivity contribution is 5.76. The molecule has 1 heterocycles. The molecule has 1 aromatic carbocycles. The van der Waals surface area contributed by atoms with E-state index in [9.17, 15) is 4.79 Å². The molecule has 1 atom stereocenters. The normalized spacial score (nSPS) is 12.9. The second kappa shape index (κ2) is 4.38. The predicted molar refractivity (Wildman–Crippen MR) is 60.4 cm³/mol. The van der Waals surface area contributed by atoms with Crippen molar-refractivity contribution in [1.29, 1.82) is 0 Å². The van der Waals surface area contributed by atoms with E-state index in [4.69, 9.17) is 15.3 Å². The van der Waals surface area contributed by atoms with Gasteiger partial charge in [0.2, 0.25) is 0 Å². The van der Waals surface area contributed by atoms with E-state index in [0.717, 1.165) is 5.69 Å². The Morgan fingerprint density at radius 1 is 1.56 bits per heavy atom. The third-order valence-electron chi connectivity index (χ3n) is 2.22. The molecule has 6 heteroatoms. The van der Waals surface area contributed by atoms with Crippen molar-refractivity contribution in [2.75, 3.05) is 18.5 Å². The number of nitrogens with two attached hydrogens (primary N) is 1. The molecule has 0 amide bonds. The van der Waals surface area contributed by atoms with Crippen molar-refractivity contribution >= 4 is 16.8 Å². The van der Waals surface area contributed by atoms with Gasteiger partial charge in [-0.05, 0) is 18.2 Å². The summed E-state index contributed by atoms with van der Waals surface area (Å²) < 4.78 is 4.87. The highest BCUT2D eigenvalue weighted by atomic mass is 16.4. The number of oxazole rings is 1. The van der Waals surface area contributed by atoms with Gasteiger partial charge in [0.05, 0.1) is 12.1 Å². The van der Waals surface area contributed by atoms with Crippen LogP contribution in [0, 0.1) is 0 Å². The van der Waals surface area contributed by atoms with Crippen LogP contribution in [0.5, 0.6) is 0 Å². The highest BCUT2D eigenvalue weighted by Crippen LogP contribution is 2.15. The summed E-state index contributed by atoms with van der Waals surface area (Å²) >= 11 is 0. The molecule has 0 fully saturated rings. The molecule has 5 N–H and O–H groups in total. The summed E-state index contributed by atoms with van der Waals surface area (Å²) in [6, 6.07) is 4.92. The number of fused-ring (bicyclic) bond motifs is 1. The van der Waals surface area contributed by atoms with Crippen LogP contribution in [0.15, 0.2) is 27.4 Å². The highest BCUT2D eigenvalue weighted by Gasteiger charge is 2.03. The second-order valence-electron chi connectivity index (χ2n) is 3.55. The minimum absolute atomic E-state index is 0.0716. The van der Waals surface area contributed by atoms with Gasteiger partial charge in [-0.25, -0.2) is 4.79 Å². The summed E-state index contributed by atoms with van der Waals surface area (Å²) in [5.74, 6) is -0.473. The quantitative estimate of drug-likeness (QED) is 0.577. The van der Waals surface area contributed by atoms with Crippen molar-refractivity contribution in [3.8, 4) is 0 Å². The largest absolute Gasteiger partial charge is 0.417 e. The summed E-state index contributed by atoms with van der Waals surface area (Å²) in [5.41, 5.74) is 7.51. The standard InChI is InChI=1S/C10H13N3O3/c11-6(5-14)4-12-7-1-2-9-8(3-7)13-10(15)16-9/h1-3,6,12,14H,4-5,11H2,(H,13,15). The molecule has 0 saturated heterocycles. The van der Waals surface area contributed by atoms with E-state index >= 15 is 0 Å². The first kappa shape index (κ1) is 10.7. The molecule has 0 radical (unpaired) electrons. The summed E-state index contributed by atoms with van der Waals surface area (Å²) in [7, 11) is 0. The van der Waals surface area contributed by atoms with Crippen LogP contribution < -0.4 is 16.8 Å². The summed E-state index contributed by atoms with van der Waals surface area (Å²) in [6.07, 6.45) is 0. The molecule has 6 nitrogen and oxygen atoms in total. The van der Waals surface area contributed by atoms with Crippen molar-refractivity contribution in [2.45, 2.75) is 6.04 Å². The zero-order valence-electron chi connectivity index (χ0n) is 8.56. The summed E-state index contributed by atoms with van der Waals surface area (Å²) in [4.78, 5) is 13.5. The first-order chi connectivity index (χ1) is 7.69. The van der Waals surface area contributed by atoms with E-state index < -0.39 is 5.76 Å². The van der Waals surface area contributed by atoms with Crippen molar-refractivity contribution < 1.29 is 9.52 Å². The SMILES string of the molecule is NC(CO)CNc1ccc2oc(=O)[nH]c2c1. The van der Waals surface area contributed by atoms with Gasteiger partial charge in [0.15, 0.2) is 5.58 Å². The number of aromatic amines is 1. The first-order valence-electron chi connectivity index (χ1n) is 4.92. The van der Waals surface area contributed by atoms with E-state index in [0.29, 0.717) is 17.6 Å². The van der Waals surface area contributed by atoms with Crippen molar-refractivity contribution in [3.63, 3.8) is 0 Å². The molecule has 86 valence electrons. The number of nitrogens with one attached hydrogen (secondary N) is 2. The van der Waals surface area contributed by atoms with Crippen LogP contribution in [0.4, 0.5) is 5.69 Å². The van der Waals surface area contributed by atoms with Gasteiger partial charge in [0.1, 0.15) is 0 Å². The Labute approximate surface area is 91.1 Å². The van der Waals surface area contributed by atoms with E-state index in [-0.39, 0.29) is 12.6 Å². The van der Waals surface area contributed by atoms with Gasteiger partial charge >= 0.3 is 5.76 Å². The van der Waals surface area contributed by atoms with Gasteiger partial charge in [-0.3, -0.25) is 4.98 Å². The molecule has 0 saturated carbocycles. The smallest absolute Gasteiger partial charge is 0.408 e. The predicted octanol–water partition coefficient (Wildman–Crippen LogP) is -0.147. The van der Waals surface area contributed by atoms with Crippen LogP contribution in [-0.2, 0) is 0 Å². The van der Waals surface area contributed by atoms with Crippen LogP contribution in [0.1, 0.15) is 0 Å². The number of aliphatic hydroxyl groups excluding tert-OH is 1. The fraction of sp³-hybridized carbons (Fsp3) is 0.300. The number of rotatable bonds is 4. The van der Waals surface area contributed by atoms with Crippen LogP contribution in [0.2, 0.25) is 0 Å². The zero-order chi connectivity index (χ0) is 11.5. The Kier molecular flexibility index (Phi) is 2.93. The van der Waals surface area contributed by atoms with Crippen molar-refractivity contribution in [1.82, 2.24) is 4.98 Å². The lowest BCUT2D eigenvalue weighted by Crippen LogP contribution is -2.32. The monoisotopic (exact) mass is 223 g/mol. The molecular weight excluding hydrogens is 210 g/mol. The molecule has 1 aromatic heterocycles. The van der Waals surface area contributed by atoms with Crippen LogP contribution in [0.3, 0.4) is 0 Å². The van der Waals surface area contributed by atoms with E-state index in [2.05, 4.69) is 10.3 Å². The van der Waals surface area contributed by atoms with Gasteiger partial charge in [0, 0.05) is 18.3 Å². The van der Waals surface area contributed by atoms with Crippen LogP contribution in [-0.4, -0.2) is 29.3 Å². The molecule has 0 aliphatic heterocycles. The van der Waals surface area contributed by atoms with E-state index in [1.165, 1.54) is 0 Å². The Balaban J connectivity index is 2.16. The third kappa shape index (κ3) is 2.23. The number of aromatic nitrogens is 1. The number of H-pyrrole nitrogens is 1. The molecule has 0 spiro atoms. The average Bonchev–Trinajstić information content (AvgIpc) is 2.65. The lowest BCUT2D eigenvalue weighted by Gasteiger charge is -2.10. The molecule has 0 aliphatic rings. The van der Waals surface area contributed by atoms with Crippen molar-refractivity contribution in [3.05, 3.63) is 28.7 Å². The Bertz CT molecular complexity index is 531. The van der Waals surface area contributed by atoms with Crippen molar-refractivity contribution in [2.24, 2.45) is 5.73 Å². The van der Waals surface area contributed by atoms with Gasteiger partial charge in [0.25, 0.3) is 0 Å². The second-order valence-corrected chi connectivity index (χ2v) is 3.55. The van der Waals surface area contributed by atoms with Crippen LogP contribution >= 0.6 is 0 Å². The number of aliphatic hydroxyl groups is 1. The number of hydrogen-bond donors (Lipinski definition) is 4. The fourth-order valence-electron chi connectivity index (χ4n) is 1.38. The minimum atomic E-state index is -0.473. The maximum atomic E-state index is 10.9. The Morgan fingerprint density at radius 2 is 2.38 bits per heavy atom. The number of benzene rings is 1. The fourth-order valence-corrected chi connectivity index (χ4v) is 1.38. The zero-order valence-corrected chi connectivity index (χ0v) is 8.56. The molecule has 2 aromatic rings. The number of anilines is 1. The van der Waals surface area contributed by atoms with Gasteiger partial charge < -0.3 is 20.6 Å². The molecule has 0 aliphatic carbocycles. The molecule has 1 unspecified atom stereocenters. The maximum Gasteiger partial charge on any atom is 0.417 e.